The maximum Gasteiger partial charge on any atom is 0.221 e. The van der Waals surface area contributed by atoms with Gasteiger partial charge >= 0.3 is 0 Å². The van der Waals surface area contributed by atoms with E-state index in [1.807, 2.05) is 84.9 Å². The van der Waals surface area contributed by atoms with E-state index in [4.69, 9.17) is 4.74 Å². The predicted molar refractivity (Wildman–Crippen MR) is 112 cm³/mol. The van der Waals surface area contributed by atoms with Crippen molar-refractivity contribution in [3.05, 3.63) is 102 Å². The normalized spacial score (nSPS) is 11.1. The minimum Gasteiger partial charge on any atom is -0.497 e. The smallest absolute Gasteiger partial charge is 0.221 e. The Labute approximate surface area is 166 Å². The second-order valence-electron chi connectivity index (χ2n) is 6.44. The van der Waals surface area contributed by atoms with Crippen molar-refractivity contribution in [2.45, 2.75) is 19.5 Å². The zero-order valence-corrected chi connectivity index (χ0v) is 16.1. The maximum atomic E-state index is 12.5. The van der Waals surface area contributed by atoms with Crippen LogP contribution in [0.25, 0.3) is 0 Å². The van der Waals surface area contributed by atoms with Crippen molar-refractivity contribution < 1.29 is 9.53 Å². The minimum atomic E-state index is -0.332. The Kier molecular flexibility index (Phi) is 6.49. The van der Waals surface area contributed by atoms with Gasteiger partial charge in [0.1, 0.15) is 11.8 Å². The maximum absolute atomic E-state index is 12.5. The lowest BCUT2D eigenvalue weighted by molar-refractivity contribution is -0.130. The number of hydrogen-bond donors (Lipinski definition) is 0. The molecule has 0 aliphatic carbocycles. The third kappa shape index (κ3) is 5.02. The van der Waals surface area contributed by atoms with Crippen molar-refractivity contribution in [1.29, 1.82) is 0 Å². The fraction of sp³-hybridized carbons (Fsp3) is 0.160. The first-order chi connectivity index (χ1) is 13.7. The Bertz CT molecular complexity index is 954. The van der Waals surface area contributed by atoms with Gasteiger partial charge in [0.05, 0.1) is 7.11 Å². The molecular weight excluding hydrogens is 346 g/mol. The van der Waals surface area contributed by atoms with Gasteiger partial charge in [0.2, 0.25) is 5.91 Å². The summed E-state index contributed by atoms with van der Waals surface area (Å²) in [5, 5.41) is 0. The molecule has 0 aromatic heterocycles. The van der Waals surface area contributed by atoms with Crippen LogP contribution < -0.4 is 4.74 Å². The molecule has 28 heavy (non-hydrogen) atoms. The van der Waals surface area contributed by atoms with E-state index < -0.39 is 0 Å². The summed E-state index contributed by atoms with van der Waals surface area (Å²) in [6.45, 7) is 2.06. The molecule has 140 valence electrons. The lowest BCUT2D eigenvalue weighted by Crippen LogP contribution is -2.32. The largest absolute Gasteiger partial charge is 0.497 e. The van der Waals surface area contributed by atoms with Gasteiger partial charge in [-0.1, -0.05) is 72.5 Å². The fourth-order valence-corrected chi connectivity index (χ4v) is 2.96. The van der Waals surface area contributed by atoms with E-state index >= 15 is 0 Å². The summed E-state index contributed by atoms with van der Waals surface area (Å²) in [6, 6.07) is 27.2. The number of carbonyl (C=O) groups excluding carboxylic acids is 1. The number of carbonyl (C=O) groups is 1. The van der Waals surface area contributed by atoms with E-state index in [1.165, 1.54) is 0 Å². The summed E-state index contributed by atoms with van der Waals surface area (Å²) in [5.74, 6) is 7.30. The SMILES string of the molecule is COc1ccc(CN(C(C)=O)C(C#Cc2ccccc2)c2ccccc2)cc1. The molecule has 1 atom stereocenters. The lowest BCUT2D eigenvalue weighted by atomic mass is 10.0. The Morgan fingerprint density at radius 3 is 2.11 bits per heavy atom. The van der Waals surface area contributed by atoms with Gasteiger partial charge in [0, 0.05) is 19.0 Å². The molecule has 0 spiro atoms. The Morgan fingerprint density at radius 1 is 0.929 bits per heavy atom. The van der Waals surface area contributed by atoms with Crippen molar-refractivity contribution in [3.8, 4) is 17.6 Å². The van der Waals surface area contributed by atoms with Crippen LogP contribution in [0.2, 0.25) is 0 Å². The fourth-order valence-electron chi connectivity index (χ4n) is 2.96. The van der Waals surface area contributed by atoms with E-state index in [0.29, 0.717) is 6.54 Å². The van der Waals surface area contributed by atoms with Gasteiger partial charge in [-0.05, 0) is 35.4 Å². The molecule has 0 saturated heterocycles. The zero-order valence-electron chi connectivity index (χ0n) is 16.1. The van der Waals surface area contributed by atoms with Crippen molar-refractivity contribution in [2.24, 2.45) is 0 Å². The molecule has 3 nitrogen and oxygen atoms in total. The number of amides is 1. The van der Waals surface area contributed by atoms with Gasteiger partial charge in [-0.2, -0.15) is 0 Å². The third-order valence-corrected chi connectivity index (χ3v) is 4.47. The van der Waals surface area contributed by atoms with Crippen LogP contribution in [0.15, 0.2) is 84.9 Å². The van der Waals surface area contributed by atoms with Gasteiger partial charge < -0.3 is 9.64 Å². The standard InChI is InChI=1S/C25H23NO2/c1-20(27)26(19-22-13-16-24(28-2)17-14-22)25(23-11-7-4-8-12-23)18-15-21-9-5-3-6-10-21/h3-14,16-17,25H,19H2,1-2H3. The zero-order chi connectivity index (χ0) is 19.8. The molecule has 3 heteroatoms. The number of ether oxygens (including phenoxy) is 1. The highest BCUT2D eigenvalue weighted by Gasteiger charge is 2.21. The number of nitrogens with zero attached hydrogens (tertiary/aromatic N) is 1. The molecule has 0 saturated carbocycles. The second kappa shape index (κ2) is 9.43. The highest BCUT2D eigenvalue weighted by Crippen LogP contribution is 2.23. The molecule has 0 radical (unpaired) electrons. The van der Waals surface area contributed by atoms with Crippen LogP contribution in [-0.2, 0) is 11.3 Å². The van der Waals surface area contributed by atoms with Crippen LogP contribution in [0.5, 0.6) is 5.75 Å². The third-order valence-electron chi connectivity index (χ3n) is 4.47. The number of methoxy groups -OCH3 is 1. The first-order valence-corrected chi connectivity index (χ1v) is 9.19. The molecule has 0 bridgehead atoms. The molecule has 0 fully saturated rings. The van der Waals surface area contributed by atoms with Crippen LogP contribution in [0.3, 0.4) is 0 Å². The van der Waals surface area contributed by atoms with Crippen LogP contribution in [0, 0.1) is 11.8 Å². The van der Waals surface area contributed by atoms with Crippen LogP contribution in [0.1, 0.15) is 29.7 Å². The van der Waals surface area contributed by atoms with E-state index in [1.54, 1.807) is 18.9 Å². The molecular formula is C25H23NO2. The predicted octanol–water partition coefficient (Wildman–Crippen LogP) is 4.84. The monoisotopic (exact) mass is 369 g/mol. The number of benzene rings is 3. The summed E-state index contributed by atoms with van der Waals surface area (Å²) in [4.78, 5) is 14.3. The van der Waals surface area contributed by atoms with E-state index in [-0.39, 0.29) is 11.9 Å². The average molecular weight is 369 g/mol. The van der Waals surface area contributed by atoms with Crippen LogP contribution >= 0.6 is 0 Å². The van der Waals surface area contributed by atoms with Crippen molar-refractivity contribution in [1.82, 2.24) is 4.90 Å². The summed E-state index contributed by atoms with van der Waals surface area (Å²) in [7, 11) is 1.64. The summed E-state index contributed by atoms with van der Waals surface area (Å²) in [6.07, 6.45) is 0. The molecule has 3 aromatic rings. The molecule has 0 aliphatic rings. The molecule has 0 N–H and O–H groups in total. The van der Waals surface area contributed by atoms with Gasteiger partial charge in [0.25, 0.3) is 0 Å². The molecule has 3 aromatic carbocycles. The van der Waals surface area contributed by atoms with E-state index in [2.05, 4.69) is 11.8 Å². The lowest BCUT2D eigenvalue weighted by Gasteiger charge is -2.28. The Hall–Kier alpha value is -3.51. The van der Waals surface area contributed by atoms with Gasteiger partial charge in [-0.15, -0.1) is 0 Å². The van der Waals surface area contributed by atoms with Crippen molar-refractivity contribution >= 4 is 5.91 Å². The highest BCUT2D eigenvalue weighted by molar-refractivity contribution is 5.74. The average Bonchev–Trinajstić information content (AvgIpc) is 2.75. The number of rotatable bonds is 5. The first-order valence-electron chi connectivity index (χ1n) is 9.19. The summed E-state index contributed by atoms with van der Waals surface area (Å²) >= 11 is 0. The molecule has 1 amide bonds. The van der Waals surface area contributed by atoms with Gasteiger partial charge in [-0.25, -0.2) is 0 Å². The quantitative estimate of drug-likeness (QED) is 0.603. The number of hydrogen-bond acceptors (Lipinski definition) is 2. The highest BCUT2D eigenvalue weighted by atomic mass is 16.5. The topological polar surface area (TPSA) is 29.5 Å². The van der Waals surface area contributed by atoms with Gasteiger partial charge in [0.15, 0.2) is 0 Å². The molecule has 0 aliphatic heterocycles. The molecule has 1 unspecified atom stereocenters. The van der Waals surface area contributed by atoms with Crippen LogP contribution in [0.4, 0.5) is 0 Å². The Balaban J connectivity index is 1.95. The minimum absolute atomic E-state index is 0.0213. The van der Waals surface area contributed by atoms with E-state index in [0.717, 1.165) is 22.4 Å². The first kappa shape index (κ1) is 19.3. The van der Waals surface area contributed by atoms with Crippen LogP contribution in [-0.4, -0.2) is 17.9 Å². The molecule has 3 rings (SSSR count). The van der Waals surface area contributed by atoms with E-state index in [9.17, 15) is 4.79 Å². The second-order valence-corrected chi connectivity index (χ2v) is 6.44. The Morgan fingerprint density at radius 2 is 1.54 bits per heavy atom. The summed E-state index contributed by atoms with van der Waals surface area (Å²) in [5.41, 5.74) is 2.95. The molecule has 0 heterocycles. The van der Waals surface area contributed by atoms with Crippen molar-refractivity contribution in [3.63, 3.8) is 0 Å². The van der Waals surface area contributed by atoms with Gasteiger partial charge in [-0.3, -0.25) is 4.79 Å². The van der Waals surface area contributed by atoms with Crippen molar-refractivity contribution in [2.75, 3.05) is 7.11 Å². The summed E-state index contributed by atoms with van der Waals surface area (Å²) < 4.78 is 5.22.